The number of hydrogen-bond donors (Lipinski definition) is 1. The number of hydrogen-bond acceptors (Lipinski definition) is 3. The lowest BCUT2D eigenvalue weighted by Gasteiger charge is -2.17. The minimum atomic E-state index is 0.390. The van der Waals surface area contributed by atoms with Gasteiger partial charge in [0.25, 0.3) is 0 Å². The smallest absolute Gasteiger partial charge is 0.0794 e. The van der Waals surface area contributed by atoms with Gasteiger partial charge in [0.05, 0.1) is 5.51 Å². The molecular weight excluding hydrogens is 228 g/mol. The largest absolute Gasteiger partial charge is 0.310 e. The van der Waals surface area contributed by atoms with Crippen molar-refractivity contribution in [2.45, 2.75) is 26.3 Å². The molecule has 1 aromatic carbocycles. The third-order valence-electron chi connectivity index (χ3n) is 2.82. The van der Waals surface area contributed by atoms with E-state index >= 15 is 0 Å². The van der Waals surface area contributed by atoms with E-state index in [2.05, 4.69) is 48.4 Å². The van der Waals surface area contributed by atoms with Crippen molar-refractivity contribution in [3.05, 3.63) is 52.0 Å². The summed E-state index contributed by atoms with van der Waals surface area (Å²) in [6.07, 6.45) is 2.98. The van der Waals surface area contributed by atoms with Crippen LogP contribution in [0.25, 0.3) is 0 Å². The molecule has 1 heterocycles. The number of likely N-dealkylation sites (N-methyl/N-ethyl adjacent to an activating group) is 1. The van der Waals surface area contributed by atoms with Crippen LogP contribution in [0.4, 0.5) is 0 Å². The van der Waals surface area contributed by atoms with Crippen molar-refractivity contribution in [2.75, 3.05) is 6.54 Å². The lowest BCUT2D eigenvalue weighted by Crippen LogP contribution is -2.22. The van der Waals surface area contributed by atoms with Crippen molar-refractivity contribution in [2.24, 2.45) is 0 Å². The van der Waals surface area contributed by atoms with Crippen LogP contribution in [0.15, 0.2) is 36.0 Å². The third-order valence-corrected chi connectivity index (χ3v) is 3.62. The Labute approximate surface area is 107 Å². The highest BCUT2D eigenvalue weighted by molar-refractivity contribution is 7.09. The van der Waals surface area contributed by atoms with Gasteiger partial charge in [-0.1, -0.05) is 36.8 Å². The van der Waals surface area contributed by atoms with E-state index in [1.54, 1.807) is 11.3 Å². The molecule has 1 aromatic heterocycles. The molecule has 0 saturated carbocycles. The topological polar surface area (TPSA) is 24.9 Å². The fourth-order valence-electron chi connectivity index (χ4n) is 1.90. The molecule has 3 heteroatoms. The summed E-state index contributed by atoms with van der Waals surface area (Å²) >= 11 is 1.72. The van der Waals surface area contributed by atoms with E-state index < -0.39 is 0 Å². The normalized spacial score (nSPS) is 12.6. The lowest BCUT2D eigenvalue weighted by molar-refractivity contribution is 0.553. The molecule has 0 spiro atoms. The molecule has 0 aliphatic heterocycles. The van der Waals surface area contributed by atoms with Crippen molar-refractivity contribution in [3.63, 3.8) is 0 Å². The molecule has 1 unspecified atom stereocenters. The second kappa shape index (κ2) is 5.94. The summed E-state index contributed by atoms with van der Waals surface area (Å²) in [6.45, 7) is 5.25. The van der Waals surface area contributed by atoms with Crippen LogP contribution in [-0.2, 0) is 6.42 Å². The van der Waals surface area contributed by atoms with Gasteiger partial charge in [-0.05, 0) is 19.0 Å². The number of benzene rings is 1. The molecule has 17 heavy (non-hydrogen) atoms. The first-order chi connectivity index (χ1) is 8.29. The Bertz CT molecular complexity index is 434. The average Bonchev–Trinajstić information content (AvgIpc) is 2.82. The van der Waals surface area contributed by atoms with Crippen molar-refractivity contribution in [1.82, 2.24) is 10.3 Å². The summed E-state index contributed by atoms with van der Waals surface area (Å²) in [6, 6.07) is 9.16. The van der Waals surface area contributed by atoms with Crippen molar-refractivity contribution < 1.29 is 0 Å². The standard InChI is InChI=1S/C14H18N2S/c1-3-16-14(8-13-9-15-10-17-13)12-6-4-11(2)5-7-12/h4-7,9-10,14,16H,3,8H2,1-2H3. The fourth-order valence-corrected chi connectivity index (χ4v) is 2.54. The Hall–Kier alpha value is -1.19. The molecule has 2 aromatic rings. The molecule has 1 N–H and O–H groups in total. The zero-order chi connectivity index (χ0) is 12.1. The van der Waals surface area contributed by atoms with E-state index in [1.807, 2.05) is 11.7 Å². The van der Waals surface area contributed by atoms with E-state index in [0.717, 1.165) is 13.0 Å². The average molecular weight is 246 g/mol. The van der Waals surface area contributed by atoms with E-state index in [0.29, 0.717) is 6.04 Å². The Morgan fingerprint density at radius 3 is 2.65 bits per heavy atom. The molecule has 2 nitrogen and oxygen atoms in total. The third kappa shape index (κ3) is 3.38. The van der Waals surface area contributed by atoms with Crippen LogP contribution < -0.4 is 5.32 Å². The summed E-state index contributed by atoms with van der Waals surface area (Å²) in [5.41, 5.74) is 4.56. The van der Waals surface area contributed by atoms with Gasteiger partial charge in [-0.15, -0.1) is 11.3 Å². The summed E-state index contributed by atoms with van der Waals surface area (Å²) in [5, 5.41) is 3.54. The first kappa shape index (κ1) is 12.3. The molecule has 0 bridgehead atoms. The van der Waals surface area contributed by atoms with Crippen molar-refractivity contribution in [1.29, 1.82) is 0 Å². The first-order valence-corrected chi connectivity index (χ1v) is 6.85. The van der Waals surface area contributed by atoms with Crippen LogP contribution in [0, 0.1) is 6.92 Å². The fraction of sp³-hybridized carbons (Fsp3) is 0.357. The molecule has 0 aliphatic rings. The van der Waals surface area contributed by atoms with Gasteiger partial charge < -0.3 is 5.32 Å². The number of nitrogens with zero attached hydrogens (tertiary/aromatic N) is 1. The number of rotatable bonds is 5. The summed E-state index contributed by atoms with van der Waals surface area (Å²) in [4.78, 5) is 5.46. The van der Waals surface area contributed by atoms with Gasteiger partial charge in [0.2, 0.25) is 0 Å². The van der Waals surface area contributed by atoms with E-state index in [-0.39, 0.29) is 0 Å². The number of thiazole rings is 1. The molecule has 2 rings (SSSR count). The van der Waals surface area contributed by atoms with Gasteiger partial charge in [0, 0.05) is 23.5 Å². The molecule has 90 valence electrons. The minimum absolute atomic E-state index is 0.390. The summed E-state index contributed by atoms with van der Waals surface area (Å²) in [7, 11) is 0. The Morgan fingerprint density at radius 2 is 2.06 bits per heavy atom. The SMILES string of the molecule is CCNC(Cc1cncs1)c1ccc(C)cc1. The maximum atomic E-state index is 4.13. The van der Waals surface area contributed by atoms with Gasteiger partial charge in [-0.2, -0.15) is 0 Å². The molecule has 0 amide bonds. The van der Waals surface area contributed by atoms with E-state index in [4.69, 9.17) is 0 Å². The van der Waals surface area contributed by atoms with Crippen LogP contribution in [0.1, 0.15) is 29.0 Å². The van der Waals surface area contributed by atoms with Gasteiger partial charge in [-0.3, -0.25) is 4.98 Å². The molecular formula is C14H18N2S. The van der Waals surface area contributed by atoms with Gasteiger partial charge in [0.1, 0.15) is 0 Å². The highest BCUT2D eigenvalue weighted by Gasteiger charge is 2.11. The number of aromatic nitrogens is 1. The number of nitrogens with one attached hydrogen (secondary N) is 1. The summed E-state index contributed by atoms with van der Waals surface area (Å²) < 4.78 is 0. The monoisotopic (exact) mass is 246 g/mol. The second-order valence-electron chi connectivity index (χ2n) is 4.19. The molecule has 0 aliphatic carbocycles. The van der Waals surface area contributed by atoms with Gasteiger partial charge >= 0.3 is 0 Å². The Balaban J connectivity index is 2.13. The Kier molecular flexibility index (Phi) is 4.29. The zero-order valence-corrected chi connectivity index (χ0v) is 11.1. The second-order valence-corrected chi connectivity index (χ2v) is 5.16. The van der Waals surface area contributed by atoms with Crippen molar-refractivity contribution in [3.8, 4) is 0 Å². The van der Waals surface area contributed by atoms with Crippen LogP contribution in [-0.4, -0.2) is 11.5 Å². The number of aryl methyl sites for hydroxylation is 1. The quantitative estimate of drug-likeness (QED) is 0.875. The predicted molar refractivity (Wildman–Crippen MR) is 73.4 cm³/mol. The predicted octanol–water partition coefficient (Wildman–Crippen LogP) is 3.34. The Morgan fingerprint density at radius 1 is 1.29 bits per heavy atom. The van der Waals surface area contributed by atoms with Crippen LogP contribution in [0.5, 0.6) is 0 Å². The van der Waals surface area contributed by atoms with Crippen molar-refractivity contribution >= 4 is 11.3 Å². The lowest BCUT2D eigenvalue weighted by atomic mass is 10.0. The van der Waals surface area contributed by atoms with Crippen LogP contribution in [0.2, 0.25) is 0 Å². The maximum Gasteiger partial charge on any atom is 0.0794 e. The zero-order valence-electron chi connectivity index (χ0n) is 10.3. The van der Waals surface area contributed by atoms with Crippen LogP contribution >= 0.6 is 11.3 Å². The highest BCUT2D eigenvalue weighted by Crippen LogP contribution is 2.20. The molecule has 0 saturated heterocycles. The molecule has 0 radical (unpaired) electrons. The van der Waals surface area contributed by atoms with Crippen LogP contribution in [0.3, 0.4) is 0 Å². The van der Waals surface area contributed by atoms with E-state index in [1.165, 1.54) is 16.0 Å². The highest BCUT2D eigenvalue weighted by atomic mass is 32.1. The summed E-state index contributed by atoms with van der Waals surface area (Å²) in [5.74, 6) is 0. The molecule has 0 fully saturated rings. The van der Waals surface area contributed by atoms with Gasteiger partial charge in [0.15, 0.2) is 0 Å². The molecule has 1 atom stereocenters. The maximum absolute atomic E-state index is 4.13. The van der Waals surface area contributed by atoms with Gasteiger partial charge in [-0.25, -0.2) is 0 Å². The van der Waals surface area contributed by atoms with E-state index in [9.17, 15) is 0 Å². The first-order valence-electron chi connectivity index (χ1n) is 5.97. The minimum Gasteiger partial charge on any atom is -0.310 e.